The Labute approximate surface area is 187 Å². The molecule has 2 unspecified atom stereocenters. The van der Waals surface area contributed by atoms with E-state index in [2.05, 4.69) is 29.4 Å². The summed E-state index contributed by atoms with van der Waals surface area (Å²) in [7, 11) is 2.90. The van der Waals surface area contributed by atoms with Crippen molar-refractivity contribution in [3.63, 3.8) is 0 Å². The molecule has 2 aromatic carbocycles. The number of fused-ring (bicyclic) bond motifs is 1. The Kier molecular flexibility index (Phi) is 5.06. The molecule has 0 amide bonds. The predicted octanol–water partition coefficient (Wildman–Crippen LogP) is 3.59. The van der Waals surface area contributed by atoms with Crippen LogP contribution in [-0.2, 0) is 19.8 Å². The van der Waals surface area contributed by atoms with Gasteiger partial charge in [-0.3, -0.25) is 4.99 Å². The number of amidine groups is 1. The third-order valence-corrected chi connectivity index (χ3v) is 6.57. The average Bonchev–Trinajstić information content (AvgIpc) is 3.21. The lowest BCUT2D eigenvalue weighted by Gasteiger charge is -2.38. The normalized spacial score (nSPS) is 23.3. The Morgan fingerprint density at radius 1 is 1.06 bits per heavy atom. The van der Waals surface area contributed by atoms with Gasteiger partial charge >= 0.3 is 5.97 Å². The predicted molar refractivity (Wildman–Crippen MR) is 122 cm³/mol. The van der Waals surface area contributed by atoms with Gasteiger partial charge in [0.1, 0.15) is 12.1 Å². The van der Waals surface area contributed by atoms with Crippen LogP contribution in [-0.4, -0.2) is 36.7 Å². The molecule has 1 aliphatic carbocycles. The first kappa shape index (κ1) is 20.5. The molecule has 1 saturated carbocycles. The summed E-state index contributed by atoms with van der Waals surface area (Å²) >= 11 is 0. The summed E-state index contributed by atoms with van der Waals surface area (Å²) in [5.41, 5.74) is 9.74. The second-order valence-electron chi connectivity index (χ2n) is 8.42. The third kappa shape index (κ3) is 3.29. The highest BCUT2D eigenvalue weighted by Crippen LogP contribution is 2.45. The van der Waals surface area contributed by atoms with Crippen molar-refractivity contribution >= 4 is 17.5 Å². The number of methoxy groups -OCH3 is 2. The summed E-state index contributed by atoms with van der Waals surface area (Å²) in [5, 5.41) is 6.37. The molecule has 3 aliphatic rings. The summed E-state index contributed by atoms with van der Waals surface area (Å²) in [4.78, 5) is 17.2. The first-order valence-corrected chi connectivity index (χ1v) is 10.8. The maximum absolute atomic E-state index is 12.2. The lowest BCUT2D eigenvalue weighted by Crippen LogP contribution is -2.43. The average molecular weight is 431 g/mol. The van der Waals surface area contributed by atoms with E-state index in [1.165, 1.54) is 13.5 Å². The molecule has 0 spiro atoms. The lowest BCUT2D eigenvalue weighted by atomic mass is 9.72. The monoisotopic (exact) mass is 430 g/mol. The molecule has 2 atom stereocenters. The smallest absolute Gasteiger partial charge is 0.358 e. The molecule has 0 radical (unpaired) electrons. The molecule has 164 valence electrons. The number of hydrazone groups is 1. The zero-order valence-corrected chi connectivity index (χ0v) is 18.2. The fraction of sp³-hybridized carbons (Fsp3) is 0.320. The molecule has 7 nitrogen and oxygen atoms in total. The Morgan fingerprint density at radius 2 is 1.78 bits per heavy atom. The van der Waals surface area contributed by atoms with Crippen molar-refractivity contribution in [3.8, 4) is 0 Å². The molecule has 1 fully saturated rings. The fourth-order valence-electron chi connectivity index (χ4n) is 4.59. The first-order chi connectivity index (χ1) is 15.5. The zero-order chi connectivity index (χ0) is 22.3. The number of aliphatic imine (C=N–C) groups is 1. The van der Waals surface area contributed by atoms with Gasteiger partial charge < -0.3 is 15.2 Å². The quantitative estimate of drug-likeness (QED) is 0.732. The summed E-state index contributed by atoms with van der Waals surface area (Å²) in [5.74, 6) is 0.556. The van der Waals surface area contributed by atoms with Crippen molar-refractivity contribution in [3.05, 3.63) is 83.1 Å². The van der Waals surface area contributed by atoms with Crippen molar-refractivity contribution in [2.45, 2.75) is 36.9 Å². The van der Waals surface area contributed by atoms with Crippen molar-refractivity contribution in [1.82, 2.24) is 5.01 Å². The molecular formula is C25H26N4O3. The number of carbonyl (C=O) groups is 1. The van der Waals surface area contributed by atoms with Crippen molar-refractivity contribution in [1.29, 1.82) is 0 Å². The Hall–Kier alpha value is -3.45. The van der Waals surface area contributed by atoms with Gasteiger partial charge in [0.15, 0.2) is 17.3 Å². The topological polar surface area (TPSA) is 89.5 Å². The molecule has 7 heteroatoms. The van der Waals surface area contributed by atoms with Crippen LogP contribution >= 0.6 is 0 Å². The number of carbonyl (C=O) groups excluding carboxylic acids is 1. The van der Waals surface area contributed by atoms with Crippen molar-refractivity contribution in [2.75, 3.05) is 14.2 Å². The number of hydrogen-bond donors (Lipinski definition) is 1. The second-order valence-corrected chi connectivity index (χ2v) is 8.42. The van der Waals surface area contributed by atoms with E-state index in [4.69, 9.17) is 20.2 Å². The number of esters is 1. The van der Waals surface area contributed by atoms with Crippen LogP contribution in [0.3, 0.4) is 0 Å². The molecule has 5 rings (SSSR count). The van der Waals surface area contributed by atoms with E-state index < -0.39 is 5.97 Å². The van der Waals surface area contributed by atoms with Gasteiger partial charge in [-0.15, -0.1) is 0 Å². The minimum atomic E-state index is -0.521. The highest BCUT2D eigenvalue weighted by Gasteiger charge is 2.43. The molecule has 2 heterocycles. The Bertz CT molecular complexity index is 1120. The number of rotatable bonds is 5. The highest BCUT2D eigenvalue weighted by atomic mass is 16.5. The molecule has 0 saturated heterocycles. The molecule has 2 aliphatic heterocycles. The van der Waals surface area contributed by atoms with Crippen LogP contribution in [0.1, 0.15) is 48.0 Å². The number of ether oxygens (including phenoxy) is 2. The van der Waals surface area contributed by atoms with Crippen molar-refractivity contribution in [2.24, 2.45) is 15.8 Å². The van der Waals surface area contributed by atoms with Gasteiger partial charge in [0, 0.05) is 11.6 Å². The zero-order valence-electron chi connectivity index (χ0n) is 18.2. The third-order valence-electron chi connectivity index (χ3n) is 6.57. The molecule has 0 aromatic heterocycles. The van der Waals surface area contributed by atoms with Gasteiger partial charge in [0.2, 0.25) is 0 Å². The van der Waals surface area contributed by atoms with Crippen LogP contribution in [0.25, 0.3) is 0 Å². The molecule has 32 heavy (non-hydrogen) atoms. The fourth-order valence-corrected chi connectivity index (χ4v) is 4.59. The highest BCUT2D eigenvalue weighted by molar-refractivity contribution is 6.42. The van der Waals surface area contributed by atoms with E-state index in [1.807, 2.05) is 30.3 Å². The summed E-state index contributed by atoms with van der Waals surface area (Å²) < 4.78 is 10.5. The van der Waals surface area contributed by atoms with E-state index >= 15 is 0 Å². The van der Waals surface area contributed by atoms with Crippen LogP contribution in [0, 0.1) is 0 Å². The van der Waals surface area contributed by atoms with Crippen LogP contribution in [0.4, 0.5) is 0 Å². The summed E-state index contributed by atoms with van der Waals surface area (Å²) in [6, 6.07) is 18.0. The standard InChI is InChI=1S/C25H26N4O3/c1-31-20-15-19(24(30)32-2)28-29-22(17-7-4-3-5-8-17)21(27-23(20)29)16-9-11-18(12-10-16)25(26)13-6-14-25/h3-5,7-12,15,21-22H,6,13-14,26H2,1-2H3. The largest absolute Gasteiger partial charge is 0.493 e. The van der Waals surface area contributed by atoms with E-state index in [-0.39, 0.29) is 23.3 Å². The van der Waals surface area contributed by atoms with Crippen LogP contribution in [0.5, 0.6) is 0 Å². The van der Waals surface area contributed by atoms with E-state index in [1.54, 1.807) is 18.2 Å². The minimum Gasteiger partial charge on any atom is -0.493 e. The Morgan fingerprint density at radius 3 is 2.38 bits per heavy atom. The summed E-state index contributed by atoms with van der Waals surface area (Å²) in [6.07, 6.45) is 4.78. The van der Waals surface area contributed by atoms with Gasteiger partial charge in [0.25, 0.3) is 0 Å². The Balaban J connectivity index is 1.57. The van der Waals surface area contributed by atoms with Crippen LogP contribution < -0.4 is 5.73 Å². The maximum Gasteiger partial charge on any atom is 0.358 e. The van der Waals surface area contributed by atoms with Crippen LogP contribution in [0.2, 0.25) is 0 Å². The molecule has 0 bridgehead atoms. The van der Waals surface area contributed by atoms with E-state index in [0.717, 1.165) is 29.5 Å². The molecule has 2 N–H and O–H groups in total. The van der Waals surface area contributed by atoms with Crippen molar-refractivity contribution < 1.29 is 14.3 Å². The van der Waals surface area contributed by atoms with Gasteiger partial charge in [-0.25, -0.2) is 9.80 Å². The van der Waals surface area contributed by atoms with Gasteiger partial charge in [0.05, 0.1) is 14.2 Å². The molecule has 2 aromatic rings. The number of nitrogens with two attached hydrogens (primary N) is 1. The second kappa shape index (κ2) is 7.91. The molecular weight excluding hydrogens is 404 g/mol. The van der Waals surface area contributed by atoms with Gasteiger partial charge in [-0.05, 0) is 36.0 Å². The SMILES string of the molecule is COC(=O)C1=NN2C(=NC(c3ccc(C4(N)CCC4)cc3)C2c2ccccc2)C(OC)=C1. The lowest BCUT2D eigenvalue weighted by molar-refractivity contribution is -0.132. The van der Waals surface area contributed by atoms with E-state index in [9.17, 15) is 4.79 Å². The number of nitrogens with zero attached hydrogens (tertiary/aromatic N) is 3. The van der Waals surface area contributed by atoms with E-state index in [0.29, 0.717) is 11.6 Å². The van der Waals surface area contributed by atoms with Crippen LogP contribution in [0.15, 0.2) is 76.5 Å². The van der Waals surface area contributed by atoms with Gasteiger partial charge in [-0.1, -0.05) is 54.6 Å². The maximum atomic E-state index is 12.2. The first-order valence-electron chi connectivity index (χ1n) is 10.8. The summed E-state index contributed by atoms with van der Waals surface area (Å²) in [6.45, 7) is 0. The van der Waals surface area contributed by atoms with Gasteiger partial charge in [-0.2, -0.15) is 5.10 Å². The number of hydrogen-bond acceptors (Lipinski definition) is 7. The number of benzene rings is 2. The minimum absolute atomic E-state index is 0.176.